The second kappa shape index (κ2) is 9.77. The predicted molar refractivity (Wildman–Crippen MR) is 115 cm³/mol. The highest BCUT2D eigenvalue weighted by Gasteiger charge is 2.31. The predicted octanol–water partition coefficient (Wildman–Crippen LogP) is 4.78. The number of carboxylic acids is 1. The number of nitrogens with zero attached hydrogens (tertiary/aromatic N) is 2. The van der Waals surface area contributed by atoms with E-state index in [-0.39, 0.29) is 18.2 Å². The van der Waals surface area contributed by atoms with Gasteiger partial charge in [-0.2, -0.15) is 0 Å². The minimum absolute atomic E-state index is 0.000825. The summed E-state index contributed by atoms with van der Waals surface area (Å²) in [6.45, 7) is 2.95. The molecule has 0 unspecified atom stereocenters. The molecule has 0 saturated heterocycles. The van der Waals surface area contributed by atoms with Gasteiger partial charge in [0.2, 0.25) is 0 Å². The third-order valence-corrected chi connectivity index (χ3v) is 4.58. The molecule has 0 aliphatic rings. The molecule has 0 bridgehead atoms. The molecule has 0 fully saturated rings. The third kappa shape index (κ3) is 6.67. The number of carboxylic acid groups (broad SMARTS) is 1. The van der Waals surface area contributed by atoms with E-state index in [1.54, 1.807) is 24.3 Å². The zero-order chi connectivity index (χ0) is 24.9. The highest BCUT2D eigenvalue weighted by Crippen LogP contribution is 2.25. The summed E-state index contributed by atoms with van der Waals surface area (Å²) in [7, 11) is 0. The Morgan fingerprint density at radius 3 is 2.24 bits per heavy atom. The van der Waals surface area contributed by atoms with E-state index in [0.29, 0.717) is 11.3 Å². The van der Waals surface area contributed by atoms with Crippen molar-refractivity contribution < 1.29 is 37.3 Å². The van der Waals surface area contributed by atoms with E-state index in [1.165, 1.54) is 38.4 Å². The van der Waals surface area contributed by atoms with E-state index in [4.69, 9.17) is 9.84 Å². The molecule has 0 aliphatic heterocycles. The molecule has 178 valence electrons. The Labute approximate surface area is 192 Å². The van der Waals surface area contributed by atoms with Gasteiger partial charge in [-0.25, -0.2) is 9.97 Å². The number of anilines is 1. The fraction of sp³-hybridized carbons (Fsp3) is 0.217. The first-order valence-electron chi connectivity index (χ1n) is 9.89. The van der Waals surface area contributed by atoms with Crippen LogP contribution in [0.2, 0.25) is 0 Å². The van der Waals surface area contributed by atoms with Crippen LogP contribution in [0.4, 0.5) is 18.9 Å². The molecule has 0 spiro atoms. The number of halogens is 3. The maximum Gasteiger partial charge on any atom is 0.573 e. The van der Waals surface area contributed by atoms with Gasteiger partial charge in [0, 0.05) is 29.2 Å². The first-order chi connectivity index (χ1) is 15.9. The monoisotopic (exact) mass is 475 g/mol. The Bertz CT molecular complexity index is 1160. The average molecular weight is 475 g/mol. The Morgan fingerprint density at radius 1 is 1.00 bits per heavy atom. The number of amides is 1. The van der Waals surface area contributed by atoms with E-state index < -0.39 is 29.4 Å². The SMILES string of the molecule is CC(C)(COc1ncc(-c2ccc(NC(=O)c3cccc(OC(F)(F)F)c3)cc2)cn1)C(=O)O. The number of alkyl halides is 3. The molecule has 2 aromatic carbocycles. The van der Waals surface area contributed by atoms with Crippen molar-refractivity contribution in [2.24, 2.45) is 5.41 Å². The number of hydrogen-bond donors (Lipinski definition) is 2. The zero-order valence-electron chi connectivity index (χ0n) is 18.1. The Balaban J connectivity index is 1.62. The van der Waals surface area contributed by atoms with Crippen molar-refractivity contribution in [3.05, 3.63) is 66.5 Å². The summed E-state index contributed by atoms with van der Waals surface area (Å²) in [5.74, 6) is -2.09. The van der Waals surface area contributed by atoms with Crippen LogP contribution in [0.3, 0.4) is 0 Å². The normalized spacial score (nSPS) is 11.6. The highest BCUT2D eigenvalue weighted by atomic mass is 19.4. The summed E-state index contributed by atoms with van der Waals surface area (Å²) < 4.78 is 46.3. The van der Waals surface area contributed by atoms with Crippen LogP contribution in [0.1, 0.15) is 24.2 Å². The van der Waals surface area contributed by atoms with Gasteiger partial charge in [0.05, 0.1) is 5.41 Å². The molecule has 1 heterocycles. The second-order valence-corrected chi connectivity index (χ2v) is 7.84. The van der Waals surface area contributed by atoms with Crippen LogP contribution in [0.15, 0.2) is 60.9 Å². The van der Waals surface area contributed by atoms with Gasteiger partial charge in [0.25, 0.3) is 5.91 Å². The molecule has 3 rings (SSSR count). The molecule has 0 aliphatic carbocycles. The number of ether oxygens (including phenoxy) is 2. The van der Waals surface area contributed by atoms with Crippen LogP contribution in [0, 0.1) is 5.41 Å². The summed E-state index contributed by atoms with van der Waals surface area (Å²) in [4.78, 5) is 31.7. The lowest BCUT2D eigenvalue weighted by molar-refractivity contribution is -0.274. The Kier molecular flexibility index (Phi) is 7.04. The molecule has 1 aromatic heterocycles. The van der Waals surface area contributed by atoms with Crippen molar-refractivity contribution in [2.75, 3.05) is 11.9 Å². The molecule has 8 nitrogen and oxygen atoms in total. The lowest BCUT2D eigenvalue weighted by Gasteiger charge is -2.18. The fourth-order valence-corrected chi connectivity index (χ4v) is 2.63. The lowest BCUT2D eigenvalue weighted by atomic mass is 9.95. The maximum atomic E-state index is 12.4. The molecule has 34 heavy (non-hydrogen) atoms. The topological polar surface area (TPSA) is 111 Å². The molecule has 1 amide bonds. The summed E-state index contributed by atoms with van der Waals surface area (Å²) in [5, 5.41) is 11.7. The van der Waals surface area contributed by atoms with E-state index in [2.05, 4.69) is 20.0 Å². The smallest absolute Gasteiger partial charge is 0.481 e. The van der Waals surface area contributed by atoms with Crippen LogP contribution < -0.4 is 14.8 Å². The number of carbonyl (C=O) groups is 2. The molecule has 2 N–H and O–H groups in total. The number of carbonyl (C=O) groups excluding carboxylic acids is 1. The van der Waals surface area contributed by atoms with Gasteiger partial charge in [0.15, 0.2) is 0 Å². The number of benzene rings is 2. The highest BCUT2D eigenvalue weighted by molar-refractivity contribution is 6.04. The lowest BCUT2D eigenvalue weighted by Crippen LogP contribution is -2.31. The van der Waals surface area contributed by atoms with Crippen molar-refractivity contribution in [1.29, 1.82) is 0 Å². The second-order valence-electron chi connectivity index (χ2n) is 7.84. The molecule has 0 radical (unpaired) electrons. The van der Waals surface area contributed by atoms with Crippen LogP contribution in [-0.4, -0.2) is 39.9 Å². The van der Waals surface area contributed by atoms with Crippen LogP contribution in [0.5, 0.6) is 11.8 Å². The maximum absolute atomic E-state index is 12.4. The first kappa shape index (κ1) is 24.5. The van der Waals surface area contributed by atoms with Crippen molar-refractivity contribution in [2.45, 2.75) is 20.2 Å². The minimum atomic E-state index is -4.85. The van der Waals surface area contributed by atoms with Gasteiger partial charge in [-0.05, 0) is 49.7 Å². The average Bonchev–Trinajstić information content (AvgIpc) is 2.77. The van der Waals surface area contributed by atoms with Crippen molar-refractivity contribution >= 4 is 17.6 Å². The Morgan fingerprint density at radius 2 is 1.65 bits per heavy atom. The first-order valence-corrected chi connectivity index (χ1v) is 9.89. The van der Waals surface area contributed by atoms with Crippen LogP contribution in [-0.2, 0) is 4.79 Å². The van der Waals surface area contributed by atoms with E-state index >= 15 is 0 Å². The number of hydrogen-bond acceptors (Lipinski definition) is 6. The number of nitrogens with one attached hydrogen (secondary N) is 1. The number of aromatic nitrogens is 2. The summed E-state index contributed by atoms with van der Waals surface area (Å²) in [6.07, 6.45) is -1.83. The van der Waals surface area contributed by atoms with Crippen LogP contribution in [0.25, 0.3) is 11.1 Å². The minimum Gasteiger partial charge on any atom is -0.481 e. The van der Waals surface area contributed by atoms with Gasteiger partial charge in [-0.3, -0.25) is 9.59 Å². The van der Waals surface area contributed by atoms with Crippen molar-refractivity contribution in [3.8, 4) is 22.9 Å². The molecule has 0 saturated carbocycles. The van der Waals surface area contributed by atoms with Crippen molar-refractivity contribution in [3.63, 3.8) is 0 Å². The Hall–Kier alpha value is -4.15. The summed E-state index contributed by atoms with van der Waals surface area (Å²) >= 11 is 0. The molecule has 0 atom stereocenters. The van der Waals surface area contributed by atoms with Gasteiger partial charge in [-0.15, -0.1) is 13.2 Å². The van der Waals surface area contributed by atoms with E-state index in [9.17, 15) is 22.8 Å². The van der Waals surface area contributed by atoms with Gasteiger partial charge >= 0.3 is 18.3 Å². The summed E-state index contributed by atoms with van der Waals surface area (Å²) in [5.41, 5.74) is 0.721. The number of rotatable bonds is 8. The van der Waals surface area contributed by atoms with Gasteiger partial charge in [0.1, 0.15) is 12.4 Å². The summed E-state index contributed by atoms with van der Waals surface area (Å²) in [6, 6.07) is 11.4. The number of aliphatic carboxylic acids is 1. The van der Waals surface area contributed by atoms with Gasteiger partial charge < -0.3 is 19.9 Å². The van der Waals surface area contributed by atoms with Crippen LogP contribution >= 0.6 is 0 Å². The quantitative estimate of drug-likeness (QED) is 0.482. The zero-order valence-corrected chi connectivity index (χ0v) is 18.1. The molecule has 3 aromatic rings. The third-order valence-electron chi connectivity index (χ3n) is 4.58. The van der Waals surface area contributed by atoms with E-state index in [0.717, 1.165) is 17.7 Å². The molecular formula is C23H20F3N3O5. The molecule has 11 heteroatoms. The van der Waals surface area contributed by atoms with Crippen molar-refractivity contribution in [1.82, 2.24) is 9.97 Å². The largest absolute Gasteiger partial charge is 0.573 e. The fourth-order valence-electron chi connectivity index (χ4n) is 2.63. The molecular weight excluding hydrogens is 455 g/mol. The van der Waals surface area contributed by atoms with E-state index in [1.807, 2.05) is 0 Å². The van der Waals surface area contributed by atoms with Gasteiger partial charge in [-0.1, -0.05) is 18.2 Å². The standard InChI is InChI=1S/C23H20F3N3O5/c1-22(2,20(31)32)13-33-21-27-11-16(12-28-21)14-6-8-17(9-7-14)29-19(30)15-4-3-5-18(10-15)34-23(24,25)26/h3-12H,13H2,1-2H3,(H,29,30)(H,31,32).